The van der Waals surface area contributed by atoms with E-state index in [0.29, 0.717) is 11.5 Å². The Morgan fingerprint density at radius 3 is 2.36 bits per heavy atom. The van der Waals surface area contributed by atoms with Crippen molar-refractivity contribution in [2.75, 3.05) is 6.54 Å². The highest BCUT2D eigenvalue weighted by Crippen LogP contribution is 2.33. The number of urea groups is 1. The highest BCUT2D eigenvalue weighted by molar-refractivity contribution is 6.10. The molecule has 1 saturated heterocycles. The lowest BCUT2D eigenvalue weighted by Crippen LogP contribution is -2.44. The third-order valence-electron chi connectivity index (χ3n) is 6.15. The number of carbonyl (C=O) groups is 3. The van der Waals surface area contributed by atoms with E-state index in [0.717, 1.165) is 27.7 Å². The molecule has 4 rings (SSSR count). The van der Waals surface area contributed by atoms with Gasteiger partial charge in [-0.3, -0.25) is 14.5 Å². The zero-order chi connectivity index (χ0) is 23.6. The molecule has 1 aliphatic heterocycles. The Balaban J connectivity index is 1.54. The third kappa shape index (κ3) is 4.46. The Morgan fingerprint density at radius 1 is 0.970 bits per heavy atom. The lowest BCUT2D eigenvalue weighted by atomic mass is 9.88. The van der Waals surface area contributed by atoms with Gasteiger partial charge in [0.1, 0.15) is 12.1 Å². The van der Waals surface area contributed by atoms with Gasteiger partial charge < -0.3 is 10.6 Å². The number of hydrogen-bond donors (Lipinski definition) is 2. The SMILES string of the molecule is CC(C)C[C@@H](NC(=O)CN1C(=O)N[C@@](C)(c2cccc3ccccc23)C1=O)c1ccccc1. The maximum Gasteiger partial charge on any atom is 0.325 e. The minimum absolute atomic E-state index is 0.191. The van der Waals surface area contributed by atoms with Gasteiger partial charge in [-0.1, -0.05) is 86.6 Å². The molecule has 2 N–H and O–H groups in total. The van der Waals surface area contributed by atoms with Crippen molar-refractivity contribution >= 4 is 28.6 Å². The first kappa shape index (κ1) is 22.5. The number of amides is 4. The van der Waals surface area contributed by atoms with E-state index in [9.17, 15) is 14.4 Å². The van der Waals surface area contributed by atoms with Crippen LogP contribution in [0.15, 0.2) is 72.8 Å². The highest BCUT2D eigenvalue weighted by atomic mass is 16.2. The summed E-state index contributed by atoms with van der Waals surface area (Å²) in [5, 5.41) is 7.71. The van der Waals surface area contributed by atoms with Gasteiger partial charge in [-0.2, -0.15) is 0 Å². The van der Waals surface area contributed by atoms with Crippen molar-refractivity contribution in [3.63, 3.8) is 0 Å². The van der Waals surface area contributed by atoms with E-state index in [1.54, 1.807) is 6.92 Å². The highest BCUT2D eigenvalue weighted by Gasteiger charge is 2.50. The number of rotatable bonds is 7. The molecular formula is C27H29N3O3. The molecular weight excluding hydrogens is 414 g/mol. The molecule has 1 aliphatic rings. The van der Waals surface area contributed by atoms with Crippen molar-refractivity contribution in [3.8, 4) is 0 Å². The second kappa shape index (κ2) is 9.06. The molecule has 4 amide bonds. The van der Waals surface area contributed by atoms with E-state index in [2.05, 4.69) is 24.5 Å². The molecule has 0 saturated carbocycles. The van der Waals surface area contributed by atoms with Crippen LogP contribution in [0, 0.1) is 5.92 Å². The molecule has 1 heterocycles. The summed E-state index contributed by atoms with van der Waals surface area (Å²) in [6, 6.07) is 22.4. The van der Waals surface area contributed by atoms with Gasteiger partial charge in [0.05, 0.1) is 6.04 Å². The topological polar surface area (TPSA) is 78.5 Å². The molecule has 3 aromatic carbocycles. The first-order valence-corrected chi connectivity index (χ1v) is 11.3. The minimum atomic E-state index is -1.24. The van der Waals surface area contributed by atoms with Gasteiger partial charge in [0.15, 0.2) is 0 Å². The number of benzene rings is 3. The van der Waals surface area contributed by atoms with Gasteiger partial charge >= 0.3 is 6.03 Å². The van der Waals surface area contributed by atoms with Crippen molar-refractivity contribution in [2.24, 2.45) is 5.92 Å². The summed E-state index contributed by atoms with van der Waals surface area (Å²) in [7, 11) is 0. The summed E-state index contributed by atoms with van der Waals surface area (Å²) in [6.07, 6.45) is 0.754. The van der Waals surface area contributed by atoms with E-state index >= 15 is 0 Å². The Bertz CT molecular complexity index is 1190. The molecule has 0 aliphatic carbocycles. The van der Waals surface area contributed by atoms with E-state index in [4.69, 9.17) is 0 Å². The van der Waals surface area contributed by atoms with E-state index in [1.165, 1.54) is 0 Å². The van der Waals surface area contributed by atoms with Crippen molar-refractivity contribution < 1.29 is 14.4 Å². The largest absolute Gasteiger partial charge is 0.348 e. The Morgan fingerprint density at radius 2 is 1.64 bits per heavy atom. The fourth-order valence-electron chi connectivity index (χ4n) is 4.50. The van der Waals surface area contributed by atoms with Crippen LogP contribution in [0.25, 0.3) is 10.8 Å². The number of hydrogen-bond acceptors (Lipinski definition) is 3. The van der Waals surface area contributed by atoms with Crippen LogP contribution in [-0.4, -0.2) is 29.3 Å². The summed E-state index contributed by atoms with van der Waals surface area (Å²) < 4.78 is 0. The van der Waals surface area contributed by atoms with Crippen LogP contribution in [-0.2, 0) is 15.1 Å². The average molecular weight is 444 g/mol. The summed E-state index contributed by atoms with van der Waals surface area (Å²) in [5.74, 6) is -0.434. The lowest BCUT2D eigenvalue weighted by molar-refractivity contribution is -0.135. The third-order valence-corrected chi connectivity index (χ3v) is 6.15. The van der Waals surface area contributed by atoms with Crippen LogP contribution in [0.3, 0.4) is 0 Å². The summed E-state index contributed by atoms with van der Waals surface area (Å²) in [6.45, 7) is 5.55. The van der Waals surface area contributed by atoms with Gasteiger partial charge in [0.25, 0.3) is 5.91 Å². The average Bonchev–Trinajstić information content (AvgIpc) is 3.02. The van der Waals surface area contributed by atoms with Gasteiger partial charge in [-0.25, -0.2) is 4.79 Å². The van der Waals surface area contributed by atoms with Crippen molar-refractivity contribution in [2.45, 2.75) is 38.8 Å². The van der Waals surface area contributed by atoms with Crippen LogP contribution in [0.5, 0.6) is 0 Å². The molecule has 2 atom stereocenters. The fraction of sp³-hybridized carbons (Fsp3) is 0.296. The Hall–Kier alpha value is -3.67. The molecule has 0 radical (unpaired) electrons. The van der Waals surface area contributed by atoms with Crippen molar-refractivity contribution in [1.29, 1.82) is 0 Å². The van der Waals surface area contributed by atoms with Gasteiger partial charge in [0, 0.05) is 0 Å². The fourth-order valence-corrected chi connectivity index (χ4v) is 4.50. The minimum Gasteiger partial charge on any atom is -0.348 e. The van der Waals surface area contributed by atoms with Crippen LogP contribution in [0.1, 0.15) is 44.4 Å². The van der Waals surface area contributed by atoms with E-state index < -0.39 is 17.5 Å². The molecule has 1 fully saturated rings. The number of fused-ring (bicyclic) bond motifs is 1. The molecule has 170 valence electrons. The smallest absolute Gasteiger partial charge is 0.325 e. The molecule has 0 spiro atoms. The summed E-state index contributed by atoms with van der Waals surface area (Å²) in [5.41, 5.74) is 0.468. The number of nitrogens with one attached hydrogen (secondary N) is 2. The molecule has 0 unspecified atom stereocenters. The zero-order valence-corrected chi connectivity index (χ0v) is 19.2. The van der Waals surface area contributed by atoms with Gasteiger partial charge in [-0.15, -0.1) is 0 Å². The molecule has 0 bridgehead atoms. The molecule has 3 aromatic rings. The standard InChI is InChI=1S/C27H29N3O3/c1-18(2)16-23(20-11-5-4-6-12-20)28-24(31)17-30-25(32)27(3,29-26(30)33)22-15-9-13-19-10-7-8-14-21(19)22/h4-15,18,23H,16-17H2,1-3H3,(H,28,31)(H,29,33)/t23-,27+/m1/s1. The van der Waals surface area contributed by atoms with Crippen LogP contribution in [0.4, 0.5) is 4.79 Å². The second-order valence-electron chi connectivity index (χ2n) is 9.13. The Labute approximate surface area is 194 Å². The predicted octanol–water partition coefficient (Wildman–Crippen LogP) is 4.51. The first-order chi connectivity index (χ1) is 15.8. The zero-order valence-electron chi connectivity index (χ0n) is 19.2. The first-order valence-electron chi connectivity index (χ1n) is 11.3. The number of nitrogens with zero attached hydrogens (tertiary/aromatic N) is 1. The monoisotopic (exact) mass is 443 g/mol. The van der Waals surface area contributed by atoms with Crippen LogP contribution < -0.4 is 10.6 Å². The van der Waals surface area contributed by atoms with Crippen LogP contribution >= 0.6 is 0 Å². The van der Waals surface area contributed by atoms with Crippen molar-refractivity contribution in [1.82, 2.24) is 15.5 Å². The van der Waals surface area contributed by atoms with Crippen LogP contribution in [0.2, 0.25) is 0 Å². The van der Waals surface area contributed by atoms with E-state index in [-0.39, 0.29) is 18.5 Å². The number of imide groups is 1. The maximum absolute atomic E-state index is 13.4. The second-order valence-corrected chi connectivity index (χ2v) is 9.13. The molecule has 6 nitrogen and oxygen atoms in total. The molecule has 33 heavy (non-hydrogen) atoms. The predicted molar refractivity (Wildman–Crippen MR) is 128 cm³/mol. The molecule has 6 heteroatoms. The Kier molecular flexibility index (Phi) is 6.18. The summed E-state index contributed by atoms with van der Waals surface area (Å²) in [4.78, 5) is 40.1. The molecule has 0 aromatic heterocycles. The van der Waals surface area contributed by atoms with Crippen molar-refractivity contribution in [3.05, 3.63) is 83.9 Å². The van der Waals surface area contributed by atoms with E-state index in [1.807, 2.05) is 72.8 Å². The van der Waals surface area contributed by atoms with Gasteiger partial charge in [-0.05, 0) is 41.2 Å². The lowest BCUT2D eigenvalue weighted by Gasteiger charge is -2.24. The number of carbonyl (C=O) groups excluding carboxylic acids is 3. The quantitative estimate of drug-likeness (QED) is 0.528. The maximum atomic E-state index is 13.4. The summed E-state index contributed by atoms with van der Waals surface area (Å²) >= 11 is 0. The van der Waals surface area contributed by atoms with Gasteiger partial charge in [0.2, 0.25) is 5.91 Å². The normalized spacial score (nSPS) is 19.1.